The maximum atomic E-state index is 13.0. The molecule has 2 amide bonds. The molecular formula is C24H28N2O5. The predicted octanol–water partition coefficient (Wildman–Crippen LogP) is 2.98. The van der Waals surface area contributed by atoms with Crippen molar-refractivity contribution in [2.24, 2.45) is 5.41 Å². The summed E-state index contributed by atoms with van der Waals surface area (Å²) in [6, 6.07) is 13.0. The Morgan fingerprint density at radius 2 is 1.58 bits per heavy atom. The van der Waals surface area contributed by atoms with E-state index in [2.05, 4.69) is 0 Å². The number of likely N-dealkylation sites (tertiary alicyclic amines) is 2. The molecule has 2 aliphatic rings. The van der Waals surface area contributed by atoms with E-state index in [1.807, 2.05) is 34.1 Å². The van der Waals surface area contributed by atoms with Crippen molar-refractivity contribution in [3.63, 3.8) is 0 Å². The van der Waals surface area contributed by atoms with E-state index >= 15 is 0 Å². The zero-order valence-electron chi connectivity index (χ0n) is 18.2. The summed E-state index contributed by atoms with van der Waals surface area (Å²) in [7, 11) is 4.76. The fourth-order valence-corrected chi connectivity index (χ4v) is 4.48. The number of hydrogen-bond donors (Lipinski definition) is 0. The van der Waals surface area contributed by atoms with Crippen LogP contribution in [0.2, 0.25) is 0 Å². The summed E-state index contributed by atoms with van der Waals surface area (Å²) >= 11 is 0. The van der Waals surface area contributed by atoms with Gasteiger partial charge in [-0.25, -0.2) is 0 Å². The first-order valence-corrected chi connectivity index (χ1v) is 10.4. The summed E-state index contributed by atoms with van der Waals surface area (Å²) in [4.78, 5) is 29.7. The maximum Gasteiger partial charge on any atom is 0.257 e. The minimum absolute atomic E-state index is 0.0729. The molecular weight excluding hydrogens is 396 g/mol. The molecule has 0 radical (unpaired) electrons. The predicted molar refractivity (Wildman–Crippen MR) is 116 cm³/mol. The smallest absolute Gasteiger partial charge is 0.257 e. The molecule has 2 fully saturated rings. The van der Waals surface area contributed by atoms with Gasteiger partial charge in [-0.2, -0.15) is 0 Å². The standard InChI is InChI=1S/C24H28N2O5/c1-29-18-6-4-17(5-7-18)15-26-16-24(23(26)28)10-12-25(13-11-24)22(27)20-9-8-19(30-2)14-21(20)31-3/h4-9,14H,10-13,15-16H2,1-3H3. The lowest BCUT2D eigenvalue weighted by Gasteiger charge is -2.52. The molecule has 0 saturated carbocycles. The normalized spacial score (nSPS) is 17.3. The molecule has 0 N–H and O–H groups in total. The molecule has 31 heavy (non-hydrogen) atoms. The van der Waals surface area contributed by atoms with Crippen LogP contribution in [0.1, 0.15) is 28.8 Å². The quantitative estimate of drug-likeness (QED) is 0.667. The first-order valence-electron chi connectivity index (χ1n) is 10.4. The molecule has 2 aliphatic heterocycles. The van der Waals surface area contributed by atoms with Gasteiger partial charge in [0.1, 0.15) is 17.2 Å². The van der Waals surface area contributed by atoms with Gasteiger partial charge in [0.2, 0.25) is 5.91 Å². The van der Waals surface area contributed by atoms with Gasteiger partial charge in [0, 0.05) is 32.2 Å². The Morgan fingerprint density at radius 1 is 0.935 bits per heavy atom. The lowest BCUT2D eigenvalue weighted by atomic mass is 9.71. The minimum atomic E-state index is -0.326. The topological polar surface area (TPSA) is 68.3 Å². The SMILES string of the molecule is COc1ccc(CN2CC3(CCN(C(=O)c4ccc(OC)cc4OC)CC3)C2=O)cc1. The van der Waals surface area contributed by atoms with E-state index in [1.54, 1.807) is 39.5 Å². The van der Waals surface area contributed by atoms with Crippen LogP contribution in [-0.4, -0.2) is 62.6 Å². The highest BCUT2D eigenvalue weighted by Gasteiger charge is 2.53. The van der Waals surface area contributed by atoms with Crippen LogP contribution >= 0.6 is 0 Å². The van der Waals surface area contributed by atoms with Gasteiger partial charge in [0.15, 0.2) is 0 Å². The number of carbonyl (C=O) groups excluding carboxylic acids is 2. The molecule has 0 atom stereocenters. The fourth-order valence-electron chi connectivity index (χ4n) is 4.48. The van der Waals surface area contributed by atoms with Crippen LogP contribution in [0.3, 0.4) is 0 Å². The molecule has 4 rings (SSSR count). The molecule has 1 spiro atoms. The number of benzene rings is 2. The third-order valence-corrected chi connectivity index (χ3v) is 6.41. The van der Waals surface area contributed by atoms with E-state index in [9.17, 15) is 9.59 Å². The van der Waals surface area contributed by atoms with Crippen LogP contribution < -0.4 is 14.2 Å². The van der Waals surface area contributed by atoms with Gasteiger partial charge in [0.05, 0.1) is 32.3 Å². The first-order chi connectivity index (χ1) is 15.0. The average Bonchev–Trinajstić information content (AvgIpc) is 2.83. The van der Waals surface area contributed by atoms with E-state index in [4.69, 9.17) is 14.2 Å². The Kier molecular flexibility index (Phi) is 5.76. The number of ether oxygens (including phenoxy) is 3. The van der Waals surface area contributed by atoms with Gasteiger partial charge < -0.3 is 24.0 Å². The molecule has 7 nitrogen and oxygen atoms in total. The second-order valence-corrected chi connectivity index (χ2v) is 8.15. The van der Waals surface area contributed by atoms with E-state index in [0.29, 0.717) is 49.5 Å². The van der Waals surface area contributed by atoms with Gasteiger partial charge in [-0.1, -0.05) is 12.1 Å². The lowest BCUT2D eigenvalue weighted by Crippen LogP contribution is -2.64. The van der Waals surface area contributed by atoms with Crippen molar-refractivity contribution in [1.82, 2.24) is 9.80 Å². The number of β-lactam (4-membered cyclic amide) rings is 1. The van der Waals surface area contributed by atoms with E-state index in [0.717, 1.165) is 17.9 Å². The van der Waals surface area contributed by atoms with E-state index in [-0.39, 0.29) is 17.2 Å². The number of rotatable bonds is 6. The fraction of sp³-hybridized carbons (Fsp3) is 0.417. The highest BCUT2D eigenvalue weighted by atomic mass is 16.5. The van der Waals surface area contributed by atoms with Crippen LogP contribution in [0.25, 0.3) is 0 Å². The van der Waals surface area contributed by atoms with Crippen LogP contribution in [0, 0.1) is 5.41 Å². The highest BCUT2D eigenvalue weighted by molar-refractivity contribution is 5.97. The van der Waals surface area contributed by atoms with Gasteiger partial charge in [0.25, 0.3) is 5.91 Å². The number of amides is 2. The van der Waals surface area contributed by atoms with Gasteiger partial charge in [-0.05, 0) is 42.7 Å². The van der Waals surface area contributed by atoms with Crippen molar-refractivity contribution in [2.75, 3.05) is 41.0 Å². The molecule has 0 aliphatic carbocycles. The van der Waals surface area contributed by atoms with Crippen LogP contribution in [0.5, 0.6) is 17.2 Å². The maximum absolute atomic E-state index is 13.0. The van der Waals surface area contributed by atoms with E-state index in [1.165, 1.54) is 0 Å². The number of hydrogen-bond acceptors (Lipinski definition) is 5. The largest absolute Gasteiger partial charge is 0.497 e. The van der Waals surface area contributed by atoms with Crippen molar-refractivity contribution in [2.45, 2.75) is 19.4 Å². The van der Waals surface area contributed by atoms with Gasteiger partial charge in [-0.15, -0.1) is 0 Å². The average molecular weight is 424 g/mol. The van der Waals surface area contributed by atoms with Crippen LogP contribution in [0.15, 0.2) is 42.5 Å². The van der Waals surface area contributed by atoms with Crippen molar-refractivity contribution >= 4 is 11.8 Å². The Bertz CT molecular complexity index is 964. The first kappa shape index (κ1) is 21.0. The monoisotopic (exact) mass is 424 g/mol. The second kappa shape index (κ2) is 8.49. The minimum Gasteiger partial charge on any atom is -0.497 e. The second-order valence-electron chi connectivity index (χ2n) is 8.15. The van der Waals surface area contributed by atoms with Gasteiger partial charge in [-0.3, -0.25) is 9.59 Å². The summed E-state index contributed by atoms with van der Waals surface area (Å²) in [6.07, 6.45) is 1.38. The molecule has 2 aromatic rings. The number of methoxy groups -OCH3 is 3. The summed E-state index contributed by atoms with van der Waals surface area (Å²) in [5.41, 5.74) is 1.27. The molecule has 0 aromatic heterocycles. The Labute approximate surface area is 182 Å². The van der Waals surface area contributed by atoms with Crippen molar-refractivity contribution in [1.29, 1.82) is 0 Å². The van der Waals surface area contributed by atoms with Crippen LogP contribution in [0.4, 0.5) is 0 Å². The Hall–Kier alpha value is -3.22. The Morgan fingerprint density at radius 3 is 2.16 bits per heavy atom. The molecule has 2 heterocycles. The highest BCUT2D eigenvalue weighted by Crippen LogP contribution is 2.43. The molecule has 164 valence electrons. The Balaban J connectivity index is 1.35. The van der Waals surface area contributed by atoms with Crippen LogP contribution in [-0.2, 0) is 11.3 Å². The molecule has 0 bridgehead atoms. The van der Waals surface area contributed by atoms with Crippen molar-refractivity contribution in [3.05, 3.63) is 53.6 Å². The molecule has 0 unspecified atom stereocenters. The van der Waals surface area contributed by atoms with Crippen molar-refractivity contribution in [3.8, 4) is 17.2 Å². The third kappa shape index (κ3) is 3.92. The molecule has 2 aromatic carbocycles. The summed E-state index contributed by atoms with van der Waals surface area (Å²) < 4.78 is 15.8. The molecule has 2 saturated heterocycles. The molecule has 7 heteroatoms. The number of piperidine rings is 1. The lowest BCUT2D eigenvalue weighted by molar-refractivity contribution is -0.165. The summed E-state index contributed by atoms with van der Waals surface area (Å²) in [6.45, 7) is 2.48. The van der Waals surface area contributed by atoms with E-state index < -0.39 is 0 Å². The zero-order chi connectivity index (χ0) is 22.0. The summed E-state index contributed by atoms with van der Waals surface area (Å²) in [5, 5.41) is 0. The number of nitrogens with zero attached hydrogens (tertiary/aromatic N) is 2. The van der Waals surface area contributed by atoms with Crippen molar-refractivity contribution < 1.29 is 23.8 Å². The third-order valence-electron chi connectivity index (χ3n) is 6.41. The van der Waals surface area contributed by atoms with Gasteiger partial charge >= 0.3 is 0 Å². The zero-order valence-corrected chi connectivity index (χ0v) is 18.2. The summed E-state index contributed by atoms with van der Waals surface area (Å²) in [5.74, 6) is 2.06. The number of carbonyl (C=O) groups is 2.